The Morgan fingerprint density at radius 3 is 2.75 bits per heavy atom. The van der Waals surface area contributed by atoms with Gasteiger partial charge in [-0.05, 0) is 47.0 Å². The van der Waals surface area contributed by atoms with E-state index in [4.69, 9.17) is 10.6 Å². The molecule has 3 N–H and O–H groups in total. The normalized spacial score (nSPS) is 14.2. The van der Waals surface area contributed by atoms with Crippen LogP contribution in [0.15, 0.2) is 28.7 Å². The van der Waals surface area contributed by atoms with E-state index in [0.29, 0.717) is 27.8 Å². The molecule has 0 bridgehead atoms. The summed E-state index contributed by atoms with van der Waals surface area (Å²) in [6.07, 6.45) is 2.16. The smallest absolute Gasteiger partial charge is 0.224 e. The van der Waals surface area contributed by atoms with Gasteiger partial charge in [0.15, 0.2) is 0 Å². The minimum atomic E-state index is -0.344. The van der Waals surface area contributed by atoms with Gasteiger partial charge in [-0.25, -0.2) is 15.2 Å². The number of nitrogens with two attached hydrogens (primary N) is 1. The van der Waals surface area contributed by atoms with E-state index in [0.717, 1.165) is 18.7 Å². The standard InChI is InChI=1S/C13H12BrFN4O/c14-9-5-8(3-4-10(9)15)20-12-6-11(19-16)17-13(18-12)7-1-2-7/h3-7H,1-2,16H2,(H,17,18,19). The number of nitrogen functional groups attached to an aromatic ring is 1. The molecular weight excluding hydrogens is 327 g/mol. The van der Waals surface area contributed by atoms with Crippen LogP contribution in [-0.4, -0.2) is 9.97 Å². The van der Waals surface area contributed by atoms with E-state index in [1.807, 2.05) is 0 Å². The summed E-state index contributed by atoms with van der Waals surface area (Å²) in [6.45, 7) is 0. The molecule has 1 aromatic carbocycles. The number of hydrogen-bond donors (Lipinski definition) is 2. The Kier molecular flexibility index (Phi) is 3.54. The highest BCUT2D eigenvalue weighted by molar-refractivity contribution is 9.10. The second kappa shape index (κ2) is 5.34. The van der Waals surface area contributed by atoms with Crippen LogP contribution in [0.5, 0.6) is 11.6 Å². The lowest BCUT2D eigenvalue weighted by atomic mass is 10.3. The van der Waals surface area contributed by atoms with Crippen LogP contribution in [0.1, 0.15) is 24.6 Å². The molecule has 1 aliphatic carbocycles. The number of nitrogens with zero attached hydrogens (tertiary/aromatic N) is 2. The molecule has 0 radical (unpaired) electrons. The SMILES string of the molecule is NNc1cc(Oc2ccc(F)c(Br)c2)nc(C2CC2)n1. The van der Waals surface area contributed by atoms with Crippen molar-refractivity contribution in [2.75, 3.05) is 5.43 Å². The van der Waals surface area contributed by atoms with E-state index in [2.05, 4.69) is 31.3 Å². The second-order valence-corrected chi connectivity index (χ2v) is 5.40. The van der Waals surface area contributed by atoms with Gasteiger partial charge in [-0.15, -0.1) is 0 Å². The lowest BCUT2D eigenvalue weighted by Crippen LogP contribution is -2.10. The van der Waals surface area contributed by atoms with E-state index in [1.165, 1.54) is 12.1 Å². The number of nitrogens with one attached hydrogen (secondary N) is 1. The molecule has 1 heterocycles. The van der Waals surface area contributed by atoms with Crippen LogP contribution >= 0.6 is 15.9 Å². The van der Waals surface area contributed by atoms with E-state index < -0.39 is 0 Å². The summed E-state index contributed by atoms with van der Waals surface area (Å²) in [7, 11) is 0. The van der Waals surface area contributed by atoms with Gasteiger partial charge in [0.25, 0.3) is 0 Å². The third kappa shape index (κ3) is 2.88. The van der Waals surface area contributed by atoms with Gasteiger partial charge in [0.2, 0.25) is 5.88 Å². The molecule has 0 amide bonds. The first-order chi connectivity index (χ1) is 9.65. The Labute approximate surface area is 123 Å². The van der Waals surface area contributed by atoms with Gasteiger partial charge in [-0.1, -0.05) is 0 Å². The van der Waals surface area contributed by atoms with Crippen LogP contribution in [-0.2, 0) is 0 Å². The third-order valence-corrected chi connectivity index (χ3v) is 3.53. The Bertz CT molecular complexity index is 648. The van der Waals surface area contributed by atoms with E-state index in [1.54, 1.807) is 12.1 Å². The van der Waals surface area contributed by atoms with E-state index >= 15 is 0 Å². The van der Waals surface area contributed by atoms with Gasteiger partial charge in [0.1, 0.15) is 23.2 Å². The van der Waals surface area contributed by atoms with Gasteiger partial charge in [-0.3, -0.25) is 0 Å². The minimum Gasteiger partial charge on any atom is -0.439 e. The van der Waals surface area contributed by atoms with Crippen molar-refractivity contribution in [1.82, 2.24) is 9.97 Å². The van der Waals surface area contributed by atoms with Crippen LogP contribution in [0.2, 0.25) is 0 Å². The van der Waals surface area contributed by atoms with Crippen LogP contribution in [0.3, 0.4) is 0 Å². The number of aromatic nitrogens is 2. The molecule has 104 valence electrons. The van der Waals surface area contributed by atoms with Crippen LogP contribution < -0.4 is 16.0 Å². The quantitative estimate of drug-likeness (QED) is 0.660. The molecule has 2 aromatic rings. The summed E-state index contributed by atoms with van der Waals surface area (Å²) >= 11 is 3.12. The largest absolute Gasteiger partial charge is 0.439 e. The predicted octanol–water partition coefficient (Wildman–Crippen LogP) is 3.33. The Morgan fingerprint density at radius 2 is 2.10 bits per heavy atom. The summed E-state index contributed by atoms with van der Waals surface area (Å²) in [5.41, 5.74) is 2.50. The molecule has 0 unspecified atom stereocenters. The van der Waals surface area contributed by atoms with Crippen molar-refractivity contribution < 1.29 is 9.13 Å². The molecule has 5 nitrogen and oxygen atoms in total. The fourth-order valence-corrected chi connectivity index (χ4v) is 2.11. The monoisotopic (exact) mass is 338 g/mol. The Hall–Kier alpha value is -1.73. The second-order valence-electron chi connectivity index (χ2n) is 4.55. The number of benzene rings is 1. The highest BCUT2D eigenvalue weighted by atomic mass is 79.9. The lowest BCUT2D eigenvalue weighted by molar-refractivity contribution is 0.456. The molecule has 0 aliphatic heterocycles. The van der Waals surface area contributed by atoms with Gasteiger partial charge < -0.3 is 10.2 Å². The molecule has 1 saturated carbocycles. The zero-order chi connectivity index (χ0) is 14.1. The van der Waals surface area contributed by atoms with Crippen molar-refractivity contribution in [3.8, 4) is 11.6 Å². The van der Waals surface area contributed by atoms with E-state index in [-0.39, 0.29) is 5.82 Å². The highest BCUT2D eigenvalue weighted by Crippen LogP contribution is 2.39. The van der Waals surface area contributed by atoms with Crippen molar-refractivity contribution in [2.24, 2.45) is 5.84 Å². The number of ether oxygens (including phenoxy) is 1. The predicted molar refractivity (Wildman–Crippen MR) is 76.0 cm³/mol. The van der Waals surface area contributed by atoms with Crippen LogP contribution in [0.25, 0.3) is 0 Å². The van der Waals surface area contributed by atoms with Crippen LogP contribution in [0, 0.1) is 5.82 Å². The Balaban J connectivity index is 1.88. The van der Waals surface area contributed by atoms with E-state index in [9.17, 15) is 4.39 Å². The zero-order valence-corrected chi connectivity index (χ0v) is 12.0. The summed E-state index contributed by atoms with van der Waals surface area (Å²) < 4.78 is 19.1. The molecule has 7 heteroatoms. The van der Waals surface area contributed by atoms with Crippen molar-refractivity contribution in [3.63, 3.8) is 0 Å². The van der Waals surface area contributed by atoms with Crippen LogP contribution in [0.4, 0.5) is 10.2 Å². The molecule has 0 spiro atoms. The molecule has 1 aliphatic rings. The summed E-state index contributed by atoms with van der Waals surface area (Å²) in [6, 6.07) is 6.01. The van der Waals surface area contributed by atoms with Crippen molar-refractivity contribution in [2.45, 2.75) is 18.8 Å². The fourth-order valence-electron chi connectivity index (χ4n) is 1.75. The zero-order valence-electron chi connectivity index (χ0n) is 10.4. The molecule has 3 rings (SSSR count). The maximum Gasteiger partial charge on any atom is 0.224 e. The highest BCUT2D eigenvalue weighted by Gasteiger charge is 2.27. The number of hydrazine groups is 1. The van der Waals surface area contributed by atoms with Gasteiger partial charge >= 0.3 is 0 Å². The first-order valence-electron chi connectivity index (χ1n) is 6.14. The summed E-state index contributed by atoms with van der Waals surface area (Å²) in [4.78, 5) is 8.64. The third-order valence-electron chi connectivity index (χ3n) is 2.92. The van der Waals surface area contributed by atoms with Gasteiger partial charge in [0.05, 0.1) is 4.47 Å². The molecule has 20 heavy (non-hydrogen) atoms. The van der Waals surface area contributed by atoms with Gasteiger partial charge in [-0.2, -0.15) is 4.98 Å². The topological polar surface area (TPSA) is 73.1 Å². The number of hydrogen-bond acceptors (Lipinski definition) is 5. The molecule has 0 saturated heterocycles. The molecule has 0 atom stereocenters. The molecule has 1 aromatic heterocycles. The molecule has 1 fully saturated rings. The lowest BCUT2D eigenvalue weighted by Gasteiger charge is -2.09. The van der Waals surface area contributed by atoms with Crippen molar-refractivity contribution in [1.29, 1.82) is 0 Å². The maximum atomic E-state index is 13.2. The summed E-state index contributed by atoms with van der Waals surface area (Å²) in [5.74, 6) is 7.52. The number of halogens is 2. The van der Waals surface area contributed by atoms with Gasteiger partial charge in [0, 0.05) is 12.0 Å². The summed E-state index contributed by atoms with van der Waals surface area (Å²) in [5, 5.41) is 0. The first kappa shape index (κ1) is 13.3. The first-order valence-corrected chi connectivity index (χ1v) is 6.93. The van der Waals surface area contributed by atoms with Crippen molar-refractivity contribution >= 4 is 21.7 Å². The average Bonchev–Trinajstić information content (AvgIpc) is 3.27. The molecular formula is C13H12BrFN4O. The van der Waals surface area contributed by atoms with Crippen molar-refractivity contribution in [3.05, 3.63) is 40.4 Å². The minimum absolute atomic E-state index is 0.337. The number of rotatable bonds is 4. The number of anilines is 1. The average molecular weight is 339 g/mol. The fraction of sp³-hybridized carbons (Fsp3) is 0.231. The maximum absolute atomic E-state index is 13.2. The Morgan fingerprint density at radius 1 is 1.30 bits per heavy atom.